The van der Waals surface area contributed by atoms with Gasteiger partial charge in [0.1, 0.15) is 0 Å². The largest absolute Gasteiger partial charge is 0.465 e. The second-order valence-corrected chi connectivity index (χ2v) is 6.48. The molecule has 3 fully saturated rings. The second kappa shape index (κ2) is 6.21. The van der Waals surface area contributed by atoms with Gasteiger partial charge in [-0.25, -0.2) is 0 Å². The molecule has 3 rings (SSSR count). The summed E-state index contributed by atoms with van der Waals surface area (Å²) in [7, 11) is 0. The van der Waals surface area contributed by atoms with Crippen molar-refractivity contribution in [1.82, 2.24) is 0 Å². The van der Waals surface area contributed by atoms with Crippen molar-refractivity contribution in [2.24, 2.45) is 17.8 Å². The number of hydrogen-bond donors (Lipinski definition) is 0. The average molecular weight is 288 g/mol. The van der Waals surface area contributed by atoms with E-state index in [9.17, 15) is 4.79 Å². The molecule has 3 aliphatic rings. The van der Waals surface area contributed by atoms with Crippen LogP contribution in [0.3, 0.4) is 0 Å². The number of epoxide rings is 1. The van der Waals surface area contributed by atoms with Gasteiger partial charge in [-0.3, -0.25) is 4.79 Å². The predicted octanol–water partition coefficient (Wildman–Crippen LogP) is 3.41. The molecule has 0 spiro atoms. The van der Waals surface area contributed by atoms with Crippen molar-refractivity contribution in [3.05, 3.63) is 30.5 Å². The number of ether oxygens (including phenoxy) is 2. The number of cyclic esters (lactones) is 1. The van der Waals surface area contributed by atoms with Crippen LogP contribution < -0.4 is 0 Å². The summed E-state index contributed by atoms with van der Waals surface area (Å²) in [5.41, 5.74) is 4.03. The van der Waals surface area contributed by atoms with Crippen molar-refractivity contribution in [2.45, 2.75) is 50.7 Å². The first kappa shape index (κ1) is 14.6. The summed E-state index contributed by atoms with van der Waals surface area (Å²) in [5, 5.41) is 0. The highest BCUT2D eigenvalue weighted by atomic mass is 16.6. The fraction of sp³-hybridized carbons (Fsp3) is 0.667. The third-order valence-electron chi connectivity index (χ3n) is 5.25. The van der Waals surface area contributed by atoms with Gasteiger partial charge in [0.15, 0.2) is 0 Å². The minimum atomic E-state index is -0.0333. The zero-order valence-corrected chi connectivity index (χ0v) is 12.6. The van der Waals surface area contributed by atoms with Crippen LogP contribution in [-0.4, -0.2) is 24.8 Å². The monoisotopic (exact) mass is 288 g/mol. The lowest BCUT2D eigenvalue weighted by Crippen LogP contribution is -2.40. The lowest BCUT2D eigenvalue weighted by Gasteiger charge is -2.38. The van der Waals surface area contributed by atoms with Gasteiger partial charge in [0.25, 0.3) is 0 Å². The Labute approximate surface area is 126 Å². The summed E-state index contributed by atoms with van der Waals surface area (Å²) >= 11 is 0. The first-order chi connectivity index (χ1) is 10.2. The molecule has 114 valence electrons. The van der Waals surface area contributed by atoms with Crippen LogP contribution in [0.2, 0.25) is 0 Å². The molecule has 0 radical (unpaired) electrons. The Bertz CT molecular complexity index is 475. The summed E-state index contributed by atoms with van der Waals surface area (Å²) < 4.78 is 11.2. The maximum atomic E-state index is 12.2. The molecule has 0 bridgehead atoms. The highest BCUT2D eigenvalue weighted by Gasteiger charge is 2.45. The van der Waals surface area contributed by atoms with Gasteiger partial charge in [0.05, 0.1) is 24.7 Å². The van der Waals surface area contributed by atoms with Crippen LogP contribution >= 0.6 is 0 Å². The Hall–Kier alpha value is -1.31. The minimum Gasteiger partial charge on any atom is -0.465 e. The molecular weight excluding hydrogens is 264 g/mol. The molecule has 3 nitrogen and oxygen atoms in total. The average Bonchev–Trinajstić information content (AvgIpc) is 3.22. The van der Waals surface area contributed by atoms with E-state index in [2.05, 4.69) is 18.9 Å². The molecule has 3 heteroatoms. The van der Waals surface area contributed by atoms with E-state index in [1.54, 1.807) is 0 Å². The fourth-order valence-corrected chi connectivity index (χ4v) is 3.93. The molecule has 1 aliphatic carbocycles. The fourth-order valence-electron chi connectivity index (χ4n) is 3.93. The van der Waals surface area contributed by atoms with Gasteiger partial charge in [-0.2, -0.15) is 0 Å². The lowest BCUT2D eigenvalue weighted by atomic mass is 9.72. The lowest BCUT2D eigenvalue weighted by molar-refractivity contribution is -0.160. The highest BCUT2D eigenvalue weighted by Crippen LogP contribution is 2.44. The van der Waals surface area contributed by atoms with Crippen molar-refractivity contribution in [3.8, 4) is 0 Å². The van der Waals surface area contributed by atoms with Gasteiger partial charge in [0, 0.05) is 5.92 Å². The summed E-state index contributed by atoms with van der Waals surface area (Å²) in [5.74, 6) is 0.646. The van der Waals surface area contributed by atoms with Crippen LogP contribution in [0.5, 0.6) is 0 Å². The number of rotatable bonds is 3. The quantitative estimate of drug-likeness (QED) is 0.346. The van der Waals surface area contributed by atoms with Crippen LogP contribution in [-0.2, 0) is 14.3 Å². The molecule has 2 heterocycles. The van der Waals surface area contributed by atoms with E-state index < -0.39 is 0 Å². The van der Waals surface area contributed by atoms with E-state index in [0.717, 1.165) is 38.5 Å². The number of carbonyl (C=O) groups excluding carboxylic acids is 1. The van der Waals surface area contributed by atoms with E-state index in [1.807, 2.05) is 6.08 Å². The molecule has 0 aromatic carbocycles. The van der Waals surface area contributed by atoms with Crippen LogP contribution in [0.15, 0.2) is 30.5 Å². The first-order valence-electron chi connectivity index (χ1n) is 8.04. The van der Waals surface area contributed by atoms with Gasteiger partial charge >= 0.3 is 5.97 Å². The van der Waals surface area contributed by atoms with Gasteiger partial charge in [0.2, 0.25) is 0 Å². The van der Waals surface area contributed by atoms with E-state index in [-0.39, 0.29) is 11.9 Å². The van der Waals surface area contributed by atoms with Crippen molar-refractivity contribution in [3.63, 3.8) is 0 Å². The van der Waals surface area contributed by atoms with Crippen molar-refractivity contribution in [1.29, 1.82) is 0 Å². The SMILES string of the molecule is C=C=CCC[C@@H]1C(=O)OC[C@H]2C(=C)CC[C@H]3O[C@H]3CC[C@H]12. The topological polar surface area (TPSA) is 38.8 Å². The number of esters is 1. The van der Waals surface area contributed by atoms with Crippen LogP contribution in [0, 0.1) is 17.8 Å². The van der Waals surface area contributed by atoms with Gasteiger partial charge in [-0.05, 0) is 50.5 Å². The maximum Gasteiger partial charge on any atom is 0.309 e. The van der Waals surface area contributed by atoms with Crippen molar-refractivity contribution >= 4 is 5.97 Å². The molecule has 2 saturated heterocycles. The van der Waals surface area contributed by atoms with E-state index in [1.165, 1.54) is 5.57 Å². The van der Waals surface area contributed by atoms with Gasteiger partial charge < -0.3 is 9.47 Å². The third kappa shape index (κ3) is 3.14. The van der Waals surface area contributed by atoms with E-state index >= 15 is 0 Å². The molecule has 21 heavy (non-hydrogen) atoms. The normalized spacial score (nSPS) is 38.8. The summed E-state index contributed by atoms with van der Waals surface area (Å²) in [4.78, 5) is 12.2. The molecule has 0 N–H and O–H groups in total. The molecule has 0 aromatic heterocycles. The Kier molecular flexibility index (Phi) is 4.32. The minimum absolute atomic E-state index is 0.0135. The maximum absolute atomic E-state index is 12.2. The Morgan fingerprint density at radius 1 is 1.29 bits per heavy atom. The van der Waals surface area contributed by atoms with Crippen molar-refractivity contribution in [2.75, 3.05) is 6.61 Å². The molecule has 0 aromatic rings. The van der Waals surface area contributed by atoms with Crippen LogP contribution in [0.4, 0.5) is 0 Å². The number of allylic oxidation sites excluding steroid dienone is 1. The molecule has 5 atom stereocenters. The van der Waals surface area contributed by atoms with Gasteiger partial charge in [-0.15, -0.1) is 5.73 Å². The molecule has 1 saturated carbocycles. The summed E-state index contributed by atoms with van der Waals surface area (Å²) in [6, 6.07) is 0. The molecule has 2 aliphatic heterocycles. The molecular formula is C18H24O3. The Balaban J connectivity index is 1.75. The van der Waals surface area contributed by atoms with Gasteiger partial charge in [-0.1, -0.05) is 18.7 Å². The smallest absolute Gasteiger partial charge is 0.309 e. The predicted molar refractivity (Wildman–Crippen MR) is 80.6 cm³/mol. The number of hydrogen-bond acceptors (Lipinski definition) is 3. The molecule has 0 unspecified atom stereocenters. The van der Waals surface area contributed by atoms with E-state index in [0.29, 0.717) is 30.7 Å². The summed E-state index contributed by atoms with van der Waals surface area (Å²) in [6.45, 7) is 8.38. The molecule has 0 amide bonds. The Morgan fingerprint density at radius 3 is 2.90 bits per heavy atom. The van der Waals surface area contributed by atoms with E-state index in [4.69, 9.17) is 9.47 Å². The standard InChI is InChI=1S/C18H24O3/c1-3-4-5-6-14-13-8-10-17-16(21-17)9-7-12(2)15(13)11-20-18(14)19/h4,13-17H,1-2,5-11H2/t13-,14+,15+,16-,17+/m1/s1. The first-order valence-corrected chi connectivity index (χ1v) is 8.04. The zero-order valence-electron chi connectivity index (χ0n) is 12.6. The highest BCUT2D eigenvalue weighted by molar-refractivity contribution is 5.73. The number of fused-ring (bicyclic) bond motifs is 2. The van der Waals surface area contributed by atoms with Crippen LogP contribution in [0.25, 0.3) is 0 Å². The second-order valence-electron chi connectivity index (χ2n) is 6.48. The Morgan fingerprint density at radius 2 is 2.10 bits per heavy atom. The summed E-state index contributed by atoms with van der Waals surface area (Å²) in [6.07, 6.45) is 8.60. The number of carbonyl (C=O) groups is 1. The van der Waals surface area contributed by atoms with Crippen LogP contribution in [0.1, 0.15) is 38.5 Å². The van der Waals surface area contributed by atoms with Crippen molar-refractivity contribution < 1.29 is 14.3 Å². The zero-order chi connectivity index (χ0) is 14.8. The third-order valence-corrected chi connectivity index (χ3v) is 5.25.